The number of hydrogen-bond acceptors (Lipinski definition) is 3. The summed E-state index contributed by atoms with van der Waals surface area (Å²) in [4.78, 5) is 0. The molecule has 0 spiro atoms. The van der Waals surface area contributed by atoms with Crippen molar-refractivity contribution in [1.29, 1.82) is 0 Å². The predicted molar refractivity (Wildman–Crippen MR) is 71.0 cm³/mol. The number of hydrogen-bond donors (Lipinski definition) is 1. The molecule has 0 aromatic rings. The molecule has 0 bridgehead atoms. The van der Waals surface area contributed by atoms with Crippen molar-refractivity contribution in [2.24, 2.45) is 11.1 Å². The summed E-state index contributed by atoms with van der Waals surface area (Å²) in [5.74, 6) is 0.212. The molecular formula is C12H26N2O2S. The SMILES string of the molecule is CC(C)(C)CCS(=O)(=O)N1CCCCCC1N. The van der Waals surface area contributed by atoms with Gasteiger partial charge in [0.2, 0.25) is 10.0 Å². The lowest BCUT2D eigenvalue weighted by atomic mass is 9.94. The highest BCUT2D eigenvalue weighted by molar-refractivity contribution is 7.89. The smallest absolute Gasteiger partial charge is 0.215 e. The van der Waals surface area contributed by atoms with E-state index in [9.17, 15) is 8.42 Å². The number of nitrogens with two attached hydrogens (primary N) is 1. The summed E-state index contributed by atoms with van der Waals surface area (Å²) in [6.07, 6.45) is 4.20. The first-order valence-electron chi connectivity index (χ1n) is 6.47. The Kier molecular flexibility index (Phi) is 4.98. The van der Waals surface area contributed by atoms with E-state index in [0.717, 1.165) is 25.7 Å². The van der Waals surface area contributed by atoms with Gasteiger partial charge in [0.05, 0.1) is 11.9 Å². The number of rotatable bonds is 3. The lowest BCUT2D eigenvalue weighted by Gasteiger charge is -2.27. The van der Waals surface area contributed by atoms with Crippen molar-refractivity contribution in [2.75, 3.05) is 12.3 Å². The van der Waals surface area contributed by atoms with Gasteiger partial charge in [0.1, 0.15) is 0 Å². The molecule has 0 aromatic carbocycles. The summed E-state index contributed by atoms with van der Waals surface area (Å²) >= 11 is 0. The first kappa shape index (κ1) is 14.9. The average Bonchev–Trinajstić information content (AvgIpc) is 2.39. The van der Waals surface area contributed by atoms with Crippen LogP contribution in [0, 0.1) is 5.41 Å². The van der Waals surface area contributed by atoms with Crippen molar-refractivity contribution in [3.63, 3.8) is 0 Å². The Labute approximate surface area is 106 Å². The van der Waals surface area contributed by atoms with E-state index < -0.39 is 10.0 Å². The molecular weight excluding hydrogens is 236 g/mol. The van der Waals surface area contributed by atoms with E-state index in [1.165, 1.54) is 4.31 Å². The normalized spacial score (nSPS) is 24.6. The molecule has 5 heteroatoms. The largest absolute Gasteiger partial charge is 0.315 e. The molecule has 1 aliphatic rings. The fourth-order valence-electron chi connectivity index (χ4n) is 2.01. The van der Waals surface area contributed by atoms with Gasteiger partial charge < -0.3 is 5.73 Å². The molecule has 0 saturated carbocycles. The second-order valence-electron chi connectivity index (χ2n) is 6.15. The van der Waals surface area contributed by atoms with E-state index in [2.05, 4.69) is 20.8 Å². The van der Waals surface area contributed by atoms with Crippen molar-refractivity contribution in [1.82, 2.24) is 4.31 Å². The molecule has 102 valence electrons. The first-order chi connectivity index (χ1) is 7.72. The Bertz CT molecular complexity index is 333. The van der Waals surface area contributed by atoms with E-state index in [1.807, 2.05) is 0 Å². The van der Waals surface area contributed by atoms with Crippen molar-refractivity contribution in [2.45, 2.75) is 59.0 Å². The third-order valence-electron chi connectivity index (χ3n) is 3.22. The summed E-state index contributed by atoms with van der Waals surface area (Å²) in [5, 5.41) is 0. The fraction of sp³-hybridized carbons (Fsp3) is 1.00. The monoisotopic (exact) mass is 262 g/mol. The zero-order valence-electron chi connectivity index (χ0n) is 11.3. The molecule has 2 N–H and O–H groups in total. The van der Waals surface area contributed by atoms with Gasteiger partial charge in [0.25, 0.3) is 0 Å². The summed E-state index contributed by atoms with van der Waals surface area (Å²) in [7, 11) is -3.18. The standard InChI is InChI=1S/C12H26N2O2S/c1-12(2,3)8-10-17(15,16)14-9-6-4-5-7-11(14)13/h11H,4-10,13H2,1-3H3. The van der Waals surface area contributed by atoms with E-state index >= 15 is 0 Å². The van der Waals surface area contributed by atoms with Crippen molar-refractivity contribution < 1.29 is 8.42 Å². The Hall–Kier alpha value is -0.130. The van der Waals surface area contributed by atoms with Gasteiger partial charge >= 0.3 is 0 Å². The average molecular weight is 262 g/mol. The maximum Gasteiger partial charge on any atom is 0.215 e. The summed E-state index contributed by atoms with van der Waals surface area (Å²) in [5.41, 5.74) is 6.00. The zero-order valence-corrected chi connectivity index (χ0v) is 12.1. The van der Waals surface area contributed by atoms with E-state index in [0.29, 0.717) is 13.0 Å². The minimum absolute atomic E-state index is 0.0447. The molecule has 0 amide bonds. The summed E-state index contributed by atoms with van der Waals surface area (Å²) < 4.78 is 26.0. The molecule has 1 rings (SSSR count). The van der Waals surface area contributed by atoms with Gasteiger partial charge in [-0.2, -0.15) is 4.31 Å². The van der Waals surface area contributed by atoms with Gasteiger partial charge in [-0.05, 0) is 24.7 Å². The van der Waals surface area contributed by atoms with Crippen LogP contribution in [0.5, 0.6) is 0 Å². The summed E-state index contributed by atoms with van der Waals surface area (Å²) in [6, 6.07) is 0. The maximum absolute atomic E-state index is 12.2. The van der Waals surface area contributed by atoms with E-state index in [1.54, 1.807) is 0 Å². The van der Waals surface area contributed by atoms with Crippen LogP contribution in [-0.2, 0) is 10.0 Å². The van der Waals surface area contributed by atoms with Crippen molar-refractivity contribution >= 4 is 10.0 Å². The topological polar surface area (TPSA) is 63.4 Å². The Morgan fingerprint density at radius 1 is 1.24 bits per heavy atom. The molecule has 1 unspecified atom stereocenters. The molecule has 1 atom stereocenters. The van der Waals surface area contributed by atoms with E-state index in [4.69, 9.17) is 5.73 Å². The second kappa shape index (κ2) is 5.67. The van der Waals surface area contributed by atoms with Crippen molar-refractivity contribution in [3.8, 4) is 0 Å². The summed E-state index contributed by atoms with van der Waals surface area (Å²) in [6.45, 7) is 6.77. The maximum atomic E-state index is 12.2. The third kappa shape index (κ3) is 4.94. The third-order valence-corrected chi connectivity index (χ3v) is 5.10. The lowest BCUT2D eigenvalue weighted by molar-refractivity contribution is 0.323. The highest BCUT2D eigenvalue weighted by Crippen LogP contribution is 2.23. The highest BCUT2D eigenvalue weighted by Gasteiger charge is 2.29. The van der Waals surface area contributed by atoms with Gasteiger partial charge in [-0.25, -0.2) is 8.42 Å². The number of nitrogens with zero attached hydrogens (tertiary/aromatic N) is 1. The van der Waals surface area contributed by atoms with Crippen LogP contribution in [0.3, 0.4) is 0 Å². The lowest BCUT2D eigenvalue weighted by Crippen LogP contribution is -2.46. The van der Waals surface area contributed by atoms with Gasteiger partial charge in [-0.1, -0.05) is 33.6 Å². The predicted octanol–water partition coefficient (Wildman–Crippen LogP) is 1.91. The molecule has 0 aromatic heterocycles. The Morgan fingerprint density at radius 2 is 1.88 bits per heavy atom. The van der Waals surface area contributed by atoms with Crippen molar-refractivity contribution in [3.05, 3.63) is 0 Å². The molecule has 1 saturated heterocycles. The van der Waals surface area contributed by atoms with Crippen LogP contribution in [0.1, 0.15) is 52.9 Å². The molecule has 0 aliphatic carbocycles. The van der Waals surface area contributed by atoms with Gasteiger partial charge in [-0.15, -0.1) is 0 Å². The quantitative estimate of drug-likeness (QED) is 0.845. The van der Waals surface area contributed by atoms with Gasteiger partial charge in [0.15, 0.2) is 0 Å². The Balaban J connectivity index is 2.67. The van der Waals surface area contributed by atoms with Gasteiger partial charge in [0, 0.05) is 6.54 Å². The van der Waals surface area contributed by atoms with Crippen LogP contribution in [-0.4, -0.2) is 31.2 Å². The van der Waals surface area contributed by atoms with Crippen LogP contribution >= 0.6 is 0 Å². The minimum Gasteiger partial charge on any atom is -0.315 e. The van der Waals surface area contributed by atoms with Crippen LogP contribution in [0.15, 0.2) is 0 Å². The Morgan fingerprint density at radius 3 is 2.47 bits per heavy atom. The van der Waals surface area contributed by atoms with E-state index in [-0.39, 0.29) is 17.3 Å². The first-order valence-corrected chi connectivity index (χ1v) is 8.08. The van der Waals surface area contributed by atoms with Crippen LogP contribution in [0.2, 0.25) is 0 Å². The molecule has 17 heavy (non-hydrogen) atoms. The zero-order chi connectivity index (χ0) is 13.1. The molecule has 0 radical (unpaired) electrons. The molecule has 1 fully saturated rings. The molecule has 1 aliphatic heterocycles. The second-order valence-corrected chi connectivity index (χ2v) is 8.20. The number of sulfonamides is 1. The highest BCUT2D eigenvalue weighted by atomic mass is 32.2. The van der Waals surface area contributed by atoms with Crippen LogP contribution in [0.25, 0.3) is 0 Å². The van der Waals surface area contributed by atoms with Crippen LogP contribution < -0.4 is 5.73 Å². The minimum atomic E-state index is -3.18. The molecule has 1 heterocycles. The van der Waals surface area contributed by atoms with Gasteiger partial charge in [-0.3, -0.25) is 0 Å². The van der Waals surface area contributed by atoms with Crippen LogP contribution in [0.4, 0.5) is 0 Å². The molecule has 4 nitrogen and oxygen atoms in total. The fourth-order valence-corrected chi connectivity index (χ4v) is 4.04.